The third-order valence-electron chi connectivity index (χ3n) is 2.85. The van der Waals surface area contributed by atoms with E-state index < -0.39 is 0 Å². The lowest BCUT2D eigenvalue weighted by Gasteiger charge is -2.06. The first-order valence-corrected chi connectivity index (χ1v) is 7.38. The summed E-state index contributed by atoms with van der Waals surface area (Å²) in [4.78, 5) is 11.7. The zero-order valence-corrected chi connectivity index (χ0v) is 13.4. The Morgan fingerprint density at radius 1 is 1.18 bits per heavy atom. The van der Waals surface area contributed by atoms with Crippen molar-refractivity contribution in [2.45, 2.75) is 6.92 Å². The molecule has 0 spiro atoms. The second kappa shape index (κ2) is 7.82. The Morgan fingerprint density at radius 3 is 2.55 bits per heavy atom. The van der Waals surface area contributed by atoms with Crippen LogP contribution in [0.25, 0.3) is 0 Å². The SMILES string of the molecule is Cc1cccc(NCC(=O)N/N=C/c2c(Cl)cccc2Cl)c1. The van der Waals surface area contributed by atoms with Gasteiger partial charge in [-0.25, -0.2) is 5.43 Å². The fraction of sp³-hybridized carbons (Fsp3) is 0.125. The van der Waals surface area contributed by atoms with Crippen molar-refractivity contribution in [1.29, 1.82) is 0 Å². The van der Waals surface area contributed by atoms with Crippen LogP contribution in [-0.2, 0) is 4.79 Å². The number of rotatable bonds is 5. The van der Waals surface area contributed by atoms with Crippen molar-refractivity contribution < 1.29 is 4.79 Å². The normalized spacial score (nSPS) is 10.7. The van der Waals surface area contributed by atoms with Crippen molar-refractivity contribution >= 4 is 41.0 Å². The van der Waals surface area contributed by atoms with Crippen LogP contribution in [0.15, 0.2) is 47.6 Å². The summed E-state index contributed by atoms with van der Waals surface area (Å²) < 4.78 is 0. The van der Waals surface area contributed by atoms with E-state index in [1.807, 2.05) is 31.2 Å². The summed E-state index contributed by atoms with van der Waals surface area (Å²) in [5.74, 6) is -0.263. The molecule has 2 rings (SSSR count). The number of carbonyl (C=O) groups is 1. The van der Waals surface area contributed by atoms with Gasteiger partial charge in [0, 0.05) is 11.3 Å². The molecular weight excluding hydrogens is 321 g/mol. The number of benzene rings is 2. The summed E-state index contributed by atoms with van der Waals surface area (Å²) in [6, 6.07) is 12.9. The van der Waals surface area contributed by atoms with Crippen molar-refractivity contribution in [2.75, 3.05) is 11.9 Å². The number of hydrogen-bond donors (Lipinski definition) is 2. The Hall–Kier alpha value is -2.04. The molecule has 0 aliphatic heterocycles. The van der Waals surface area contributed by atoms with Crippen molar-refractivity contribution in [3.05, 3.63) is 63.6 Å². The van der Waals surface area contributed by atoms with Crippen LogP contribution in [0.1, 0.15) is 11.1 Å². The van der Waals surface area contributed by atoms with E-state index in [1.165, 1.54) is 6.21 Å². The van der Waals surface area contributed by atoms with Crippen LogP contribution in [-0.4, -0.2) is 18.7 Å². The Morgan fingerprint density at radius 2 is 1.86 bits per heavy atom. The van der Waals surface area contributed by atoms with E-state index in [0.29, 0.717) is 15.6 Å². The molecule has 6 heteroatoms. The summed E-state index contributed by atoms with van der Waals surface area (Å²) in [7, 11) is 0. The lowest BCUT2D eigenvalue weighted by molar-refractivity contribution is -0.119. The standard InChI is InChI=1S/C16H15Cl2N3O/c1-11-4-2-5-12(8-11)19-10-16(22)21-20-9-13-14(17)6-3-7-15(13)18/h2-9,19H,10H2,1H3,(H,21,22)/b20-9+. The lowest BCUT2D eigenvalue weighted by atomic mass is 10.2. The molecule has 0 aliphatic rings. The molecule has 4 nitrogen and oxygen atoms in total. The van der Waals surface area contributed by atoms with Gasteiger partial charge in [-0.3, -0.25) is 4.79 Å². The fourth-order valence-corrected chi connectivity index (χ4v) is 2.27. The third kappa shape index (κ3) is 4.76. The van der Waals surface area contributed by atoms with Crippen molar-refractivity contribution in [2.24, 2.45) is 5.10 Å². The van der Waals surface area contributed by atoms with Gasteiger partial charge in [0.2, 0.25) is 0 Å². The molecule has 0 unspecified atom stereocenters. The number of nitrogens with zero attached hydrogens (tertiary/aromatic N) is 1. The minimum Gasteiger partial charge on any atom is -0.376 e. The van der Waals surface area contributed by atoms with Crippen LogP contribution in [0, 0.1) is 6.92 Å². The predicted molar refractivity (Wildman–Crippen MR) is 91.9 cm³/mol. The van der Waals surface area contributed by atoms with E-state index in [1.54, 1.807) is 18.2 Å². The van der Waals surface area contributed by atoms with Crippen molar-refractivity contribution in [3.63, 3.8) is 0 Å². The van der Waals surface area contributed by atoms with Crippen LogP contribution in [0.5, 0.6) is 0 Å². The molecule has 2 N–H and O–H groups in total. The summed E-state index contributed by atoms with van der Waals surface area (Å²) in [6.45, 7) is 2.11. The molecule has 0 radical (unpaired) electrons. The number of halogens is 2. The largest absolute Gasteiger partial charge is 0.376 e. The molecule has 0 fully saturated rings. The minimum atomic E-state index is -0.263. The first kappa shape index (κ1) is 16.3. The van der Waals surface area contributed by atoms with E-state index in [-0.39, 0.29) is 12.5 Å². The molecule has 114 valence electrons. The van der Waals surface area contributed by atoms with Gasteiger partial charge in [0.05, 0.1) is 22.8 Å². The van der Waals surface area contributed by atoms with Gasteiger partial charge < -0.3 is 5.32 Å². The smallest absolute Gasteiger partial charge is 0.259 e. The molecule has 0 saturated heterocycles. The van der Waals surface area contributed by atoms with Gasteiger partial charge in [0.15, 0.2) is 0 Å². The highest BCUT2D eigenvalue weighted by atomic mass is 35.5. The first-order valence-electron chi connectivity index (χ1n) is 6.63. The second-order valence-electron chi connectivity index (χ2n) is 4.65. The summed E-state index contributed by atoms with van der Waals surface area (Å²) in [5.41, 5.74) is 4.99. The Labute approximate surface area is 139 Å². The molecular formula is C16H15Cl2N3O. The topological polar surface area (TPSA) is 53.5 Å². The van der Waals surface area contributed by atoms with E-state index >= 15 is 0 Å². The molecule has 1 amide bonds. The number of amides is 1. The number of hydrazone groups is 1. The van der Waals surface area contributed by atoms with E-state index in [4.69, 9.17) is 23.2 Å². The Bertz CT molecular complexity index is 681. The summed E-state index contributed by atoms with van der Waals surface area (Å²) >= 11 is 12.0. The zero-order valence-electron chi connectivity index (χ0n) is 11.9. The molecule has 0 aromatic heterocycles. The van der Waals surface area contributed by atoms with Gasteiger partial charge in [-0.2, -0.15) is 5.10 Å². The van der Waals surface area contributed by atoms with Gasteiger partial charge in [0.1, 0.15) is 0 Å². The van der Waals surface area contributed by atoms with Crippen LogP contribution in [0.2, 0.25) is 10.0 Å². The molecule has 0 saturated carbocycles. The molecule has 2 aromatic rings. The predicted octanol–water partition coefficient (Wildman–Crippen LogP) is 3.86. The maximum atomic E-state index is 11.7. The first-order chi connectivity index (χ1) is 10.6. The molecule has 0 bridgehead atoms. The molecule has 2 aromatic carbocycles. The van der Waals surface area contributed by atoms with Crippen LogP contribution >= 0.6 is 23.2 Å². The van der Waals surface area contributed by atoms with Gasteiger partial charge in [-0.1, -0.05) is 41.4 Å². The zero-order chi connectivity index (χ0) is 15.9. The van der Waals surface area contributed by atoms with Crippen molar-refractivity contribution in [1.82, 2.24) is 5.43 Å². The van der Waals surface area contributed by atoms with Gasteiger partial charge in [0.25, 0.3) is 5.91 Å². The fourth-order valence-electron chi connectivity index (χ4n) is 1.78. The van der Waals surface area contributed by atoms with Crippen LogP contribution in [0.3, 0.4) is 0 Å². The highest BCUT2D eigenvalue weighted by Gasteiger charge is 2.03. The van der Waals surface area contributed by atoms with Gasteiger partial charge in [-0.05, 0) is 36.8 Å². The minimum absolute atomic E-state index is 0.122. The molecule has 0 aliphatic carbocycles. The Balaban J connectivity index is 1.86. The average molecular weight is 336 g/mol. The highest BCUT2D eigenvalue weighted by molar-refractivity contribution is 6.38. The highest BCUT2D eigenvalue weighted by Crippen LogP contribution is 2.21. The number of hydrogen-bond acceptors (Lipinski definition) is 3. The maximum Gasteiger partial charge on any atom is 0.259 e. The van der Waals surface area contributed by atoms with E-state index in [9.17, 15) is 4.79 Å². The Kier molecular flexibility index (Phi) is 5.81. The summed E-state index contributed by atoms with van der Waals surface area (Å²) in [6.07, 6.45) is 1.43. The van der Waals surface area contributed by atoms with Gasteiger partial charge >= 0.3 is 0 Å². The van der Waals surface area contributed by atoms with Gasteiger partial charge in [-0.15, -0.1) is 0 Å². The average Bonchev–Trinajstić information content (AvgIpc) is 2.48. The van der Waals surface area contributed by atoms with Crippen LogP contribution in [0.4, 0.5) is 5.69 Å². The number of anilines is 1. The summed E-state index contributed by atoms with van der Waals surface area (Å²) in [5, 5.41) is 7.83. The number of carbonyl (C=O) groups excluding carboxylic acids is 1. The molecule has 22 heavy (non-hydrogen) atoms. The van der Waals surface area contributed by atoms with Crippen molar-refractivity contribution in [3.8, 4) is 0 Å². The van der Waals surface area contributed by atoms with Crippen LogP contribution < -0.4 is 10.7 Å². The number of aryl methyl sites for hydroxylation is 1. The number of nitrogens with one attached hydrogen (secondary N) is 2. The maximum absolute atomic E-state index is 11.7. The molecule has 0 atom stereocenters. The van der Waals surface area contributed by atoms with E-state index in [0.717, 1.165) is 11.3 Å². The van der Waals surface area contributed by atoms with E-state index in [2.05, 4.69) is 15.8 Å². The second-order valence-corrected chi connectivity index (χ2v) is 5.47. The monoisotopic (exact) mass is 335 g/mol. The quantitative estimate of drug-likeness (QED) is 0.643. The molecule has 0 heterocycles. The third-order valence-corrected chi connectivity index (χ3v) is 3.51. The lowest BCUT2D eigenvalue weighted by Crippen LogP contribution is -2.25.